The number of alkyl halides is 3. The lowest BCUT2D eigenvalue weighted by atomic mass is 10.2. The van der Waals surface area contributed by atoms with Crippen LogP contribution in [0.2, 0.25) is 0 Å². The van der Waals surface area contributed by atoms with E-state index in [1.54, 1.807) is 12.1 Å². The Morgan fingerprint density at radius 1 is 1.17 bits per heavy atom. The molecule has 1 aromatic rings. The molecular formula is C15H21BrF3N3O2. The maximum Gasteiger partial charge on any atom is 0.390 e. The van der Waals surface area contributed by atoms with Crippen molar-refractivity contribution < 1.29 is 22.6 Å². The van der Waals surface area contributed by atoms with Crippen LogP contribution in [0.5, 0.6) is 11.5 Å². The molecule has 0 aliphatic heterocycles. The van der Waals surface area contributed by atoms with E-state index in [2.05, 4.69) is 31.6 Å². The van der Waals surface area contributed by atoms with Crippen LogP contribution in [0.25, 0.3) is 0 Å². The molecule has 1 rings (SSSR count). The highest BCUT2D eigenvalue weighted by Crippen LogP contribution is 2.33. The first kappa shape index (κ1) is 20.4. The van der Waals surface area contributed by atoms with Gasteiger partial charge in [0.2, 0.25) is 0 Å². The topological polar surface area (TPSA) is 54.9 Å². The van der Waals surface area contributed by atoms with Crippen LogP contribution in [-0.2, 0) is 6.54 Å². The maximum absolute atomic E-state index is 12.2. The Kier molecular flexibility index (Phi) is 8.17. The van der Waals surface area contributed by atoms with Gasteiger partial charge in [-0.25, -0.2) is 4.99 Å². The van der Waals surface area contributed by atoms with Gasteiger partial charge in [0, 0.05) is 17.6 Å². The van der Waals surface area contributed by atoms with Gasteiger partial charge in [0.05, 0.1) is 27.2 Å². The van der Waals surface area contributed by atoms with E-state index >= 15 is 0 Å². The number of hydrogen-bond acceptors (Lipinski definition) is 3. The summed E-state index contributed by atoms with van der Waals surface area (Å²) in [5.41, 5.74) is 0.820. The fraction of sp³-hybridized carbons (Fsp3) is 0.533. The summed E-state index contributed by atoms with van der Waals surface area (Å²) >= 11 is 3.42. The number of methoxy groups -OCH3 is 2. The van der Waals surface area contributed by atoms with E-state index in [-0.39, 0.29) is 13.1 Å². The predicted molar refractivity (Wildman–Crippen MR) is 90.7 cm³/mol. The van der Waals surface area contributed by atoms with Crippen LogP contribution in [0, 0.1) is 0 Å². The van der Waals surface area contributed by atoms with Crippen molar-refractivity contribution in [3.05, 3.63) is 22.2 Å². The monoisotopic (exact) mass is 411 g/mol. The number of guanidine groups is 1. The zero-order chi connectivity index (χ0) is 18.2. The van der Waals surface area contributed by atoms with Gasteiger partial charge in [-0.15, -0.1) is 0 Å². The molecule has 0 atom stereocenters. The summed E-state index contributed by atoms with van der Waals surface area (Å²) in [4.78, 5) is 4.30. The zero-order valence-electron chi connectivity index (χ0n) is 13.8. The second-order valence-corrected chi connectivity index (χ2v) is 5.64. The van der Waals surface area contributed by atoms with Crippen molar-refractivity contribution in [2.75, 3.05) is 27.3 Å². The predicted octanol–water partition coefficient (Wildman–Crippen LogP) is 3.47. The molecule has 0 aliphatic carbocycles. The van der Waals surface area contributed by atoms with Gasteiger partial charge >= 0.3 is 6.18 Å². The molecule has 0 aromatic heterocycles. The average molecular weight is 412 g/mol. The minimum absolute atomic E-state index is 0.234. The van der Waals surface area contributed by atoms with Crippen molar-refractivity contribution in [2.24, 2.45) is 4.99 Å². The molecule has 0 unspecified atom stereocenters. The standard InChI is InChI=1S/C15H21BrF3N3O2/c1-4-20-14(21-6-5-15(17,18)19)22-9-10-7-12(23-2)13(24-3)8-11(10)16/h7-8H,4-6,9H2,1-3H3,(H2,20,21,22). The smallest absolute Gasteiger partial charge is 0.390 e. The van der Waals surface area contributed by atoms with E-state index in [1.165, 1.54) is 14.2 Å². The van der Waals surface area contributed by atoms with Crippen LogP contribution in [0.15, 0.2) is 21.6 Å². The highest BCUT2D eigenvalue weighted by atomic mass is 79.9. The van der Waals surface area contributed by atoms with E-state index in [0.717, 1.165) is 10.0 Å². The second kappa shape index (κ2) is 9.61. The molecule has 0 heterocycles. The van der Waals surface area contributed by atoms with Gasteiger partial charge in [0.1, 0.15) is 0 Å². The highest BCUT2D eigenvalue weighted by Gasteiger charge is 2.26. The van der Waals surface area contributed by atoms with Crippen molar-refractivity contribution in [1.82, 2.24) is 10.6 Å². The first-order valence-corrected chi connectivity index (χ1v) is 8.09. The van der Waals surface area contributed by atoms with E-state index in [1.807, 2.05) is 6.92 Å². The normalized spacial score (nSPS) is 12.0. The largest absolute Gasteiger partial charge is 0.493 e. The van der Waals surface area contributed by atoms with Gasteiger partial charge in [-0.2, -0.15) is 13.2 Å². The van der Waals surface area contributed by atoms with Gasteiger partial charge in [-0.05, 0) is 24.6 Å². The molecule has 5 nitrogen and oxygen atoms in total. The van der Waals surface area contributed by atoms with Crippen LogP contribution in [0.4, 0.5) is 13.2 Å². The molecule has 0 saturated heterocycles. The summed E-state index contributed by atoms with van der Waals surface area (Å²) in [6.45, 7) is 2.42. The molecular weight excluding hydrogens is 391 g/mol. The molecule has 0 amide bonds. The third-order valence-corrected chi connectivity index (χ3v) is 3.74. The first-order chi connectivity index (χ1) is 11.3. The van der Waals surface area contributed by atoms with Crippen molar-refractivity contribution >= 4 is 21.9 Å². The summed E-state index contributed by atoms with van der Waals surface area (Å²) in [6, 6.07) is 3.53. The Balaban J connectivity index is 2.81. The molecule has 0 saturated carbocycles. The summed E-state index contributed by atoms with van der Waals surface area (Å²) in [5.74, 6) is 1.46. The number of ether oxygens (including phenoxy) is 2. The molecule has 0 aliphatic rings. The second-order valence-electron chi connectivity index (χ2n) is 4.79. The van der Waals surface area contributed by atoms with Gasteiger partial charge in [-0.3, -0.25) is 0 Å². The molecule has 0 fully saturated rings. The Bertz CT molecular complexity index is 566. The van der Waals surface area contributed by atoms with Crippen molar-refractivity contribution in [2.45, 2.75) is 26.1 Å². The van der Waals surface area contributed by atoms with Gasteiger partial charge in [0.25, 0.3) is 0 Å². The molecule has 0 spiro atoms. The number of nitrogens with zero attached hydrogens (tertiary/aromatic N) is 1. The zero-order valence-corrected chi connectivity index (χ0v) is 15.3. The number of benzene rings is 1. The number of halogens is 4. The van der Waals surface area contributed by atoms with Crippen LogP contribution in [-0.4, -0.2) is 39.4 Å². The fourth-order valence-corrected chi connectivity index (χ4v) is 2.29. The van der Waals surface area contributed by atoms with Crippen LogP contribution in [0.1, 0.15) is 18.9 Å². The number of rotatable bonds is 7. The SMILES string of the molecule is CCNC(=NCc1cc(OC)c(OC)cc1Br)NCCC(F)(F)F. The Morgan fingerprint density at radius 3 is 2.33 bits per heavy atom. The van der Waals surface area contributed by atoms with E-state index in [4.69, 9.17) is 9.47 Å². The van der Waals surface area contributed by atoms with Crippen molar-refractivity contribution in [3.63, 3.8) is 0 Å². The molecule has 9 heteroatoms. The van der Waals surface area contributed by atoms with Crippen molar-refractivity contribution in [3.8, 4) is 11.5 Å². The fourth-order valence-electron chi connectivity index (χ4n) is 1.85. The molecule has 24 heavy (non-hydrogen) atoms. The summed E-state index contributed by atoms with van der Waals surface area (Å²) in [6.07, 6.45) is -5.12. The lowest BCUT2D eigenvalue weighted by Crippen LogP contribution is -2.38. The third kappa shape index (κ3) is 6.86. The minimum atomic E-state index is -4.20. The van der Waals surface area contributed by atoms with E-state index < -0.39 is 12.6 Å². The molecule has 2 N–H and O–H groups in total. The lowest BCUT2D eigenvalue weighted by molar-refractivity contribution is -0.132. The molecule has 0 bridgehead atoms. The first-order valence-electron chi connectivity index (χ1n) is 7.30. The average Bonchev–Trinajstić information content (AvgIpc) is 2.51. The van der Waals surface area contributed by atoms with Crippen LogP contribution < -0.4 is 20.1 Å². The number of nitrogens with one attached hydrogen (secondary N) is 2. The Morgan fingerprint density at radius 2 is 1.79 bits per heavy atom. The van der Waals surface area contributed by atoms with Gasteiger partial charge in [0.15, 0.2) is 17.5 Å². The Labute approximate surface area is 147 Å². The van der Waals surface area contributed by atoms with E-state index in [0.29, 0.717) is 24.0 Å². The number of hydrogen-bond donors (Lipinski definition) is 2. The molecule has 1 aromatic carbocycles. The van der Waals surface area contributed by atoms with Crippen molar-refractivity contribution in [1.29, 1.82) is 0 Å². The summed E-state index contributed by atoms with van der Waals surface area (Å²) in [5, 5.41) is 5.58. The van der Waals surface area contributed by atoms with Crippen LogP contribution in [0.3, 0.4) is 0 Å². The van der Waals surface area contributed by atoms with Crippen LogP contribution >= 0.6 is 15.9 Å². The summed E-state index contributed by atoms with van der Waals surface area (Å²) < 4.78 is 47.9. The third-order valence-electron chi connectivity index (χ3n) is 3.01. The number of aliphatic imine (C=N–C) groups is 1. The highest BCUT2D eigenvalue weighted by molar-refractivity contribution is 9.10. The van der Waals surface area contributed by atoms with E-state index in [9.17, 15) is 13.2 Å². The Hall–Kier alpha value is -1.64. The minimum Gasteiger partial charge on any atom is -0.493 e. The molecule has 136 valence electrons. The van der Waals surface area contributed by atoms with Gasteiger partial charge < -0.3 is 20.1 Å². The maximum atomic E-state index is 12.2. The quantitative estimate of drug-likeness (QED) is 0.532. The lowest BCUT2D eigenvalue weighted by Gasteiger charge is -2.14. The van der Waals surface area contributed by atoms with Gasteiger partial charge in [-0.1, -0.05) is 15.9 Å². The summed E-state index contributed by atoms with van der Waals surface area (Å²) in [7, 11) is 3.07. The molecule has 0 radical (unpaired) electrons.